The summed E-state index contributed by atoms with van der Waals surface area (Å²) in [6.45, 7) is 1.68. The molecule has 2 N–H and O–H groups in total. The molecule has 3 rings (SSSR count). The van der Waals surface area contributed by atoms with Crippen LogP contribution < -0.4 is 10.7 Å². The fraction of sp³-hybridized carbons (Fsp3) is 0.0952. The van der Waals surface area contributed by atoms with Gasteiger partial charge in [-0.05, 0) is 54.1 Å². The highest BCUT2D eigenvalue weighted by atomic mass is 35.5. The van der Waals surface area contributed by atoms with Crippen molar-refractivity contribution in [1.29, 1.82) is 0 Å². The molecule has 0 heterocycles. The van der Waals surface area contributed by atoms with Crippen molar-refractivity contribution in [1.82, 2.24) is 5.43 Å². The highest BCUT2D eigenvalue weighted by Gasteiger charge is 2.08. The predicted octanol–water partition coefficient (Wildman–Crippen LogP) is 4.63. The van der Waals surface area contributed by atoms with Gasteiger partial charge in [0.15, 0.2) is 0 Å². The molecule has 0 fully saturated rings. The molecule has 0 bridgehead atoms. The topological polar surface area (TPSA) is 70.6 Å². The van der Waals surface area contributed by atoms with Gasteiger partial charge < -0.3 is 5.32 Å². The van der Waals surface area contributed by atoms with Crippen LogP contribution in [0.25, 0.3) is 10.8 Å². The van der Waals surface area contributed by atoms with E-state index in [2.05, 4.69) is 15.8 Å². The van der Waals surface area contributed by atoms with Crippen LogP contribution in [0.15, 0.2) is 71.8 Å². The first kappa shape index (κ1) is 18.6. The van der Waals surface area contributed by atoms with E-state index in [1.165, 1.54) is 0 Å². The largest absolute Gasteiger partial charge is 0.326 e. The molecule has 0 saturated carbocycles. The van der Waals surface area contributed by atoms with Gasteiger partial charge in [0.25, 0.3) is 5.91 Å². The number of halogens is 1. The van der Waals surface area contributed by atoms with Crippen molar-refractivity contribution in [3.05, 3.63) is 77.3 Å². The fourth-order valence-electron chi connectivity index (χ4n) is 2.55. The van der Waals surface area contributed by atoms with Crippen LogP contribution in [-0.4, -0.2) is 17.5 Å². The lowest BCUT2D eigenvalue weighted by Gasteiger charge is -2.06. The molecule has 0 aromatic heterocycles. The number of benzene rings is 3. The molecule has 0 radical (unpaired) electrons. The third kappa shape index (κ3) is 5.15. The maximum absolute atomic E-state index is 12.3. The average molecular weight is 380 g/mol. The third-order valence-electron chi connectivity index (χ3n) is 3.90. The number of anilines is 1. The van der Waals surface area contributed by atoms with E-state index >= 15 is 0 Å². The number of fused-ring (bicyclic) bond motifs is 1. The Morgan fingerprint density at radius 2 is 1.67 bits per heavy atom. The number of amides is 2. The van der Waals surface area contributed by atoms with E-state index in [0.717, 1.165) is 10.8 Å². The summed E-state index contributed by atoms with van der Waals surface area (Å²) in [5, 5.41) is 9.40. The average Bonchev–Trinajstić information content (AvgIpc) is 2.67. The maximum Gasteiger partial charge on any atom is 0.271 e. The van der Waals surface area contributed by atoms with Crippen LogP contribution in [0.1, 0.15) is 23.7 Å². The lowest BCUT2D eigenvalue weighted by molar-refractivity contribution is -0.115. The van der Waals surface area contributed by atoms with E-state index in [4.69, 9.17) is 11.6 Å². The summed E-state index contributed by atoms with van der Waals surface area (Å²) >= 11 is 5.81. The summed E-state index contributed by atoms with van der Waals surface area (Å²) in [6, 6.07) is 20.1. The number of nitrogens with one attached hydrogen (secondary N) is 2. The minimum atomic E-state index is -0.321. The number of hydrazone groups is 1. The highest BCUT2D eigenvalue weighted by molar-refractivity contribution is 6.30. The van der Waals surface area contributed by atoms with E-state index in [1.807, 2.05) is 36.4 Å². The number of hydrogen-bond acceptors (Lipinski definition) is 3. The molecule has 2 amide bonds. The number of rotatable bonds is 5. The molecule has 6 heteroatoms. The number of carbonyl (C=O) groups excluding carboxylic acids is 2. The first-order chi connectivity index (χ1) is 13.0. The molecule has 3 aromatic carbocycles. The minimum absolute atomic E-state index is 0.0701. The van der Waals surface area contributed by atoms with E-state index in [0.29, 0.717) is 22.0 Å². The van der Waals surface area contributed by atoms with Crippen molar-refractivity contribution in [3.8, 4) is 0 Å². The Labute approximate surface area is 162 Å². The lowest BCUT2D eigenvalue weighted by Crippen LogP contribution is -2.21. The summed E-state index contributed by atoms with van der Waals surface area (Å²) in [6.07, 6.45) is 0.0701. The zero-order chi connectivity index (χ0) is 19.2. The van der Waals surface area contributed by atoms with Gasteiger partial charge in [0, 0.05) is 22.0 Å². The summed E-state index contributed by atoms with van der Waals surface area (Å²) in [5.41, 5.74) is 4.15. The minimum Gasteiger partial charge on any atom is -0.326 e. The summed E-state index contributed by atoms with van der Waals surface area (Å²) in [5.74, 6) is -0.545. The van der Waals surface area contributed by atoms with Gasteiger partial charge in [0.1, 0.15) is 0 Å². The Morgan fingerprint density at radius 3 is 2.41 bits per heavy atom. The quantitative estimate of drug-likeness (QED) is 0.501. The first-order valence-electron chi connectivity index (χ1n) is 8.39. The van der Waals surface area contributed by atoms with Gasteiger partial charge in [0.2, 0.25) is 5.91 Å². The van der Waals surface area contributed by atoms with Crippen molar-refractivity contribution in [2.75, 3.05) is 5.32 Å². The number of nitrogens with zero attached hydrogens (tertiary/aromatic N) is 1. The van der Waals surface area contributed by atoms with Crippen LogP contribution in [0.3, 0.4) is 0 Å². The second kappa shape index (κ2) is 8.47. The Bertz CT molecular complexity index is 1010. The van der Waals surface area contributed by atoms with Crippen molar-refractivity contribution in [2.45, 2.75) is 13.3 Å². The Balaban J connectivity index is 1.57. The molecule has 0 spiro atoms. The molecular weight excluding hydrogens is 362 g/mol. The van der Waals surface area contributed by atoms with E-state index in [-0.39, 0.29) is 18.2 Å². The lowest BCUT2D eigenvalue weighted by atomic mass is 10.1. The van der Waals surface area contributed by atoms with Gasteiger partial charge in [-0.3, -0.25) is 9.59 Å². The van der Waals surface area contributed by atoms with Gasteiger partial charge >= 0.3 is 0 Å². The van der Waals surface area contributed by atoms with Crippen LogP contribution in [0.2, 0.25) is 5.02 Å². The van der Waals surface area contributed by atoms with Gasteiger partial charge in [-0.2, -0.15) is 5.10 Å². The molecule has 0 saturated heterocycles. The van der Waals surface area contributed by atoms with Gasteiger partial charge in [-0.25, -0.2) is 5.43 Å². The fourth-order valence-corrected chi connectivity index (χ4v) is 2.68. The summed E-state index contributed by atoms with van der Waals surface area (Å²) in [4.78, 5) is 24.3. The predicted molar refractivity (Wildman–Crippen MR) is 109 cm³/mol. The number of hydrogen-bond donors (Lipinski definition) is 2. The van der Waals surface area contributed by atoms with Crippen LogP contribution in [-0.2, 0) is 4.79 Å². The molecule has 0 unspecified atom stereocenters. The molecule has 0 aliphatic carbocycles. The molecule has 136 valence electrons. The molecule has 0 aliphatic heterocycles. The normalized spacial score (nSPS) is 11.3. The standard InChI is InChI=1S/C21H18ClN3O2/c1-14(12-20(26)23-19-10-8-18(22)9-11-19)24-25-21(27)17-7-6-15-4-2-3-5-16(15)13-17/h2-11,13H,12H2,1H3,(H,23,26)(H,25,27)/b24-14-. The summed E-state index contributed by atoms with van der Waals surface area (Å²) in [7, 11) is 0. The zero-order valence-corrected chi connectivity index (χ0v) is 15.5. The van der Waals surface area contributed by atoms with Crippen molar-refractivity contribution >= 4 is 45.6 Å². The zero-order valence-electron chi connectivity index (χ0n) is 14.7. The molecule has 27 heavy (non-hydrogen) atoms. The maximum atomic E-state index is 12.3. The van der Waals surface area contributed by atoms with Crippen molar-refractivity contribution in [3.63, 3.8) is 0 Å². The Morgan fingerprint density at radius 1 is 0.963 bits per heavy atom. The van der Waals surface area contributed by atoms with E-state index in [1.54, 1.807) is 37.3 Å². The smallest absolute Gasteiger partial charge is 0.271 e. The van der Waals surface area contributed by atoms with Gasteiger partial charge in [-0.1, -0.05) is 41.9 Å². The second-order valence-corrected chi connectivity index (χ2v) is 6.52. The molecule has 0 atom stereocenters. The number of carbonyl (C=O) groups is 2. The Hall–Kier alpha value is -3.18. The van der Waals surface area contributed by atoms with Gasteiger partial charge in [0.05, 0.1) is 6.42 Å². The second-order valence-electron chi connectivity index (χ2n) is 6.08. The summed E-state index contributed by atoms with van der Waals surface area (Å²) < 4.78 is 0. The third-order valence-corrected chi connectivity index (χ3v) is 4.16. The van der Waals surface area contributed by atoms with Gasteiger partial charge in [-0.15, -0.1) is 0 Å². The van der Waals surface area contributed by atoms with E-state index in [9.17, 15) is 9.59 Å². The first-order valence-corrected chi connectivity index (χ1v) is 8.77. The van der Waals surface area contributed by atoms with E-state index < -0.39 is 0 Å². The Kier molecular flexibility index (Phi) is 5.84. The van der Waals surface area contributed by atoms with Crippen LogP contribution in [0.5, 0.6) is 0 Å². The van der Waals surface area contributed by atoms with Crippen molar-refractivity contribution < 1.29 is 9.59 Å². The molecule has 0 aliphatic rings. The highest BCUT2D eigenvalue weighted by Crippen LogP contribution is 2.16. The molecular formula is C21H18ClN3O2. The molecule has 5 nitrogen and oxygen atoms in total. The van der Waals surface area contributed by atoms with Crippen LogP contribution in [0.4, 0.5) is 5.69 Å². The van der Waals surface area contributed by atoms with Crippen LogP contribution >= 0.6 is 11.6 Å². The monoisotopic (exact) mass is 379 g/mol. The SMILES string of the molecule is C/C(CC(=O)Nc1ccc(Cl)cc1)=N/NC(=O)c1ccc2ccccc2c1. The van der Waals surface area contributed by atoms with Crippen LogP contribution in [0, 0.1) is 0 Å². The molecule has 3 aromatic rings. The van der Waals surface area contributed by atoms with Crippen molar-refractivity contribution in [2.24, 2.45) is 5.10 Å².